The van der Waals surface area contributed by atoms with Gasteiger partial charge in [-0.15, -0.1) is 0 Å². The monoisotopic (exact) mass is 262 g/mol. The Morgan fingerprint density at radius 3 is 1.90 bits per heavy atom. The van der Waals surface area contributed by atoms with Gasteiger partial charge in [-0.25, -0.2) is 10.5 Å². The van der Waals surface area contributed by atoms with Crippen molar-refractivity contribution >= 4 is 22.6 Å². The molecule has 0 bridgehead atoms. The molecule has 0 aliphatic rings. The van der Waals surface area contributed by atoms with Crippen molar-refractivity contribution in [3.05, 3.63) is 0 Å². The quantitative estimate of drug-likeness (QED) is 0.267. The largest absolute Gasteiger partial charge is 0.249 e. The van der Waals surface area contributed by atoms with Crippen LogP contribution < -0.4 is 0 Å². The second kappa shape index (κ2) is 4.45. The molecule has 4 nitrogen and oxygen atoms in total. The van der Waals surface area contributed by atoms with Crippen molar-refractivity contribution in [1.29, 1.82) is 0 Å². The molecule has 0 saturated heterocycles. The Hall–Kier alpha value is 0.570. The van der Waals surface area contributed by atoms with E-state index < -0.39 is 5.79 Å². The minimum absolute atomic E-state index is 0.134. The molecule has 0 aromatic heterocycles. The van der Waals surface area contributed by atoms with Crippen LogP contribution in [0.1, 0.15) is 20.3 Å². The molecule has 0 aliphatic heterocycles. The molecule has 0 radical (unpaired) electrons. The topological polar surface area (TPSA) is 58.9 Å². The summed E-state index contributed by atoms with van der Waals surface area (Å²) in [5.41, 5.74) is 0. The molecule has 0 aliphatic carbocycles. The fourth-order valence-corrected chi connectivity index (χ4v) is 1.24. The zero-order valence-corrected chi connectivity index (χ0v) is 8.03. The van der Waals surface area contributed by atoms with Gasteiger partial charge in [0.2, 0.25) is 5.79 Å². The first-order valence-electron chi connectivity index (χ1n) is 2.92. The van der Waals surface area contributed by atoms with Crippen molar-refractivity contribution in [2.24, 2.45) is 0 Å². The molecule has 1 atom stereocenters. The molecule has 0 aromatic rings. The van der Waals surface area contributed by atoms with E-state index in [9.17, 15) is 0 Å². The van der Waals surface area contributed by atoms with Gasteiger partial charge in [0.15, 0.2) is 0 Å². The zero-order valence-electron chi connectivity index (χ0n) is 5.87. The van der Waals surface area contributed by atoms with Crippen LogP contribution in [0.25, 0.3) is 0 Å². The van der Waals surface area contributed by atoms with Gasteiger partial charge >= 0.3 is 0 Å². The van der Waals surface area contributed by atoms with E-state index in [1.807, 2.05) is 22.6 Å². The summed E-state index contributed by atoms with van der Waals surface area (Å²) in [6.45, 7) is 3.50. The van der Waals surface area contributed by atoms with Gasteiger partial charge in [-0.2, -0.15) is 9.78 Å². The molecule has 5 heteroatoms. The molecule has 0 amide bonds. The third-order valence-electron chi connectivity index (χ3n) is 1.41. The smallest absolute Gasteiger partial charge is 0.244 e. The molecule has 0 saturated carbocycles. The standard InChI is InChI=1S/C5H11IO4/c1-3-5(9-7,10-8)4(2)6/h4,7-8H,3H2,1-2H3. The normalized spacial score (nSPS) is 15.3. The summed E-state index contributed by atoms with van der Waals surface area (Å²) >= 11 is 1.99. The van der Waals surface area contributed by atoms with Crippen LogP contribution in [0.2, 0.25) is 0 Å². The highest BCUT2D eigenvalue weighted by molar-refractivity contribution is 14.1. The van der Waals surface area contributed by atoms with Crippen molar-refractivity contribution in [3.8, 4) is 0 Å². The third-order valence-corrected chi connectivity index (χ3v) is 2.36. The highest BCUT2D eigenvalue weighted by Gasteiger charge is 2.36. The van der Waals surface area contributed by atoms with Gasteiger partial charge in [0.05, 0.1) is 3.92 Å². The van der Waals surface area contributed by atoms with E-state index in [4.69, 9.17) is 10.5 Å². The Kier molecular flexibility index (Phi) is 4.70. The Balaban J connectivity index is 4.15. The SMILES string of the molecule is CCC(OO)(OO)C(C)I. The Morgan fingerprint density at radius 1 is 1.50 bits per heavy atom. The lowest BCUT2D eigenvalue weighted by Gasteiger charge is -2.27. The number of hydrogen-bond acceptors (Lipinski definition) is 4. The van der Waals surface area contributed by atoms with E-state index in [-0.39, 0.29) is 3.92 Å². The van der Waals surface area contributed by atoms with Crippen molar-refractivity contribution in [1.82, 2.24) is 0 Å². The summed E-state index contributed by atoms with van der Waals surface area (Å²) in [5.74, 6) is -1.28. The first-order chi connectivity index (χ1) is 4.63. The van der Waals surface area contributed by atoms with Gasteiger partial charge in [0.25, 0.3) is 0 Å². The van der Waals surface area contributed by atoms with Gasteiger partial charge in [0, 0.05) is 6.42 Å². The molecule has 10 heavy (non-hydrogen) atoms. The molecule has 1 unspecified atom stereocenters. The van der Waals surface area contributed by atoms with Crippen LogP contribution in [-0.2, 0) is 9.78 Å². The lowest BCUT2D eigenvalue weighted by atomic mass is 10.1. The van der Waals surface area contributed by atoms with Crippen LogP contribution in [-0.4, -0.2) is 20.2 Å². The molecule has 62 valence electrons. The fraction of sp³-hybridized carbons (Fsp3) is 1.00. The van der Waals surface area contributed by atoms with E-state index >= 15 is 0 Å². The predicted octanol–water partition coefficient (Wildman–Crippen LogP) is 1.90. The van der Waals surface area contributed by atoms with Crippen LogP contribution >= 0.6 is 22.6 Å². The van der Waals surface area contributed by atoms with Gasteiger partial charge in [0.1, 0.15) is 0 Å². The molecule has 0 aromatic carbocycles. The Bertz CT molecular complexity index is 83.4. The summed E-state index contributed by atoms with van der Waals surface area (Å²) in [5, 5.41) is 16.7. The first kappa shape index (κ1) is 10.6. The molecule has 0 rings (SSSR count). The van der Waals surface area contributed by atoms with E-state index in [1.54, 1.807) is 13.8 Å². The average molecular weight is 262 g/mol. The minimum Gasteiger partial charge on any atom is -0.249 e. The van der Waals surface area contributed by atoms with Gasteiger partial charge in [-0.05, 0) is 6.92 Å². The van der Waals surface area contributed by atoms with E-state index in [0.29, 0.717) is 6.42 Å². The summed E-state index contributed by atoms with van der Waals surface area (Å²) in [7, 11) is 0. The zero-order chi connectivity index (χ0) is 8.20. The maximum absolute atomic E-state index is 8.36. The van der Waals surface area contributed by atoms with Crippen molar-refractivity contribution in [3.63, 3.8) is 0 Å². The highest BCUT2D eigenvalue weighted by Crippen LogP contribution is 2.25. The summed E-state index contributed by atoms with van der Waals surface area (Å²) < 4.78 is -0.134. The molecule has 0 heterocycles. The van der Waals surface area contributed by atoms with Crippen molar-refractivity contribution in [2.75, 3.05) is 0 Å². The minimum atomic E-state index is -1.28. The molecular weight excluding hydrogens is 251 g/mol. The number of rotatable bonds is 4. The van der Waals surface area contributed by atoms with Crippen LogP contribution in [0, 0.1) is 0 Å². The highest BCUT2D eigenvalue weighted by atomic mass is 127. The number of halogens is 1. The fourth-order valence-electron chi connectivity index (χ4n) is 0.572. The third kappa shape index (κ3) is 2.03. The van der Waals surface area contributed by atoms with Gasteiger partial charge < -0.3 is 0 Å². The predicted molar refractivity (Wildman–Crippen MR) is 43.9 cm³/mol. The average Bonchev–Trinajstić information content (AvgIpc) is 1.92. The molecular formula is C5H11IO4. The molecule has 0 spiro atoms. The second-order valence-electron chi connectivity index (χ2n) is 1.96. The molecule has 0 fully saturated rings. The molecule has 2 N–H and O–H groups in total. The van der Waals surface area contributed by atoms with Gasteiger partial charge in [-0.1, -0.05) is 29.5 Å². The van der Waals surface area contributed by atoms with Crippen LogP contribution in [0.5, 0.6) is 0 Å². The van der Waals surface area contributed by atoms with E-state index in [1.165, 1.54) is 0 Å². The summed E-state index contributed by atoms with van der Waals surface area (Å²) in [6, 6.07) is 0. The maximum Gasteiger partial charge on any atom is 0.244 e. The van der Waals surface area contributed by atoms with Crippen molar-refractivity contribution in [2.45, 2.75) is 30.0 Å². The van der Waals surface area contributed by atoms with Gasteiger partial charge in [-0.3, -0.25) is 0 Å². The van der Waals surface area contributed by atoms with Crippen molar-refractivity contribution < 1.29 is 20.3 Å². The second-order valence-corrected chi connectivity index (χ2v) is 3.83. The Morgan fingerprint density at radius 2 is 1.90 bits per heavy atom. The van der Waals surface area contributed by atoms with E-state index in [0.717, 1.165) is 0 Å². The lowest BCUT2D eigenvalue weighted by Crippen LogP contribution is -2.40. The maximum atomic E-state index is 8.36. The first-order valence-corrected chi connectivity index (χ1v) is 4.16. The van der Waals surface area contributed by atoms with Crippen LogP contribution in [0.3, 0.4) is 0 Å². The van der Waals surface area contributed by atoms with Crippen LogP contribution in [0.4, 0.5) is 0 Å². The summed E-state index contributed by atoms with van der Waals surface area (Å²) in [4.78, 5) is 8.04. The van der Waals surface area contributed by atoms with E-state index in [2.05, 4.69) is 9.78 Å². The Labute approximate surface area is 73.1 Å². The lowest BCUT2D eigenvalue weighted by molar-refractivity contribution is -0.484. The summed E-state index contributed by atoms with van der Waals surface area (Å²) in [6.07, 6.45) is 0.379. The number of alkyl halides is 1. The number of hydrogen-bond donors (Lipinski definition) is 2. The van der Waals surface area contributed by atoms with Crippen LogP contribution in [0.15, 0.2) is 0 Å².